The third-order valence-electron chi connectivity index (χ3n) is 2.95. The first-order chi connectivity index (χ1) is 7.09. The molecule has 0 bridgehead atoms. The largest absolute Gasteiger partial charge is 0.480 e. The van der Waals surface area contributed by atoms with E-state index < -0.39 is 12.0 Å². The second-order valence-corrected chi connectivity index (χ2v) is 3.85. The second kappa shape index (κ2) is 3.62. The van der Waals surface area contributed by atoms with Crippen LogP contribution in [0.15, 0.2) is 18.2 Å². The minimum absolute atomic E-state index is 0.182. The highest BCUT2D eigenvalue weighted by molar-refractivity contribution is 5.75. The van der Waals surface area contributed by atoms with Gasteiger partial charge in [-0.15, -0.1) is 0 Å². The molecule has 2 rings (SSSR count). The van der Waals surface area contributed by atoms with Gasteiger partial charge in [0, 0.05) is 5.92 Å². The van der Waals surface area contributed by atoms with Gasteiger partial charge in [0.25, 0.3) is 0 Å². The molecule has 0 saturated carbocycles. The highest BCUT2D eigenvalue weighted by atomic mass is 19.1. The van der Waals surface area contributed by atoms with Crippen LogP contribution in [0.2, 0.25) is 0 Å². The van der Waals surface area contributed by atoms with Crippen molar-refractivity contribution >= 4 is 5.97 Å². The summed E-state index contributed by atoms with van der Waals surface area (Å²) in [6.45, 7) is 0. The van der Waals surface area contributed by atoms with Gasteiger partial charge in [-0.3, -0.25) is 4.79 Å². The van der Waals surface area contributed by atoms with Gasteiger partial charge in [0.05, 0.1) is 0 Å². The number of hydrogen-bond acceptors (Lipinski definition) is 2. The molecule has 1 aliphatic carbocycles. The van der Waals surface area contributed by atoms with Crippen molar-refractivity contribution in [1.29, 1.82) is 0 Å². The molecule has 3 nitrogen and oxygen atoms in total. The lowest BCUT2D eigenvalue weighted by molar-refractivity contribution is -0.139. The smallest absolute Gasteiger partial charge is 0.321 e. The SMILES string of the molecule is NC(C(=O)O)C1CCc2cc(F)ccc21. The van der Waals surface area contributed by atoms with Crippen molar-refractivity contribution in [1.82, 2.24) is 0 Å². The van der Waals surface area contributed by atoms with Crippen LogP contribution in [0, 0.1) is 5.82 Å². The fourth-order valence-corrected chi connectivity index (χ4v) is 2.16. The molecule has 4 heteroatoms. The molecule has 1 aliphatic rings. The predicted molar refractivity (Wildman–Crippen MR) is 53.1 cm³/mol. The molecule has 0 aliphatic heterocycles. The van der Waals surface area contributed by atoms with E-state index in [2.05, 4.69) is 0 Å². The van der Waals surface area contributed by atoms with Gasteiger partial charge < -0.3 is 10.8 Å². The van der Waals surface area contributed by atoms with Crippen LogP contribution in [-0.4, -0.2) is 17.1 Å². The van der Waals surface area contributed by atoms with Gasteiger partial charge in [-0.2, -0.15) is 0 Å². The zero-order valence-electron chi connectivity index (χ0n) is 8.11. The molecule has 0 radical (unpaired) electrons. The molecule has 2 unspecified atom stereocenters. The van der Waals surface area contributed by atoms with Gasteiger partial charge >= 0.3 is 5.97 Å². The van der Waals surface area contributed by atoms with E-state index in [4.69, 9.17) is 10.8 Å². The van der Waals surface area contributed by atoms with E-state index in [9.17, 15) is 9.18 Å². The standard InChI is InChI=1S/C11H12FNO2/c12-7-2-4-8-6(5-7)1-3-9(8)10(13)11(14)15/h2,4-5,9-10H,1,3,13H2,(H,14,15). The van der Waals surface area contributed by atoms with E-state index in [0.29, 0.717) is 12.8 Å². The van der Waals surface area contributed by atoms with E-state index in [1.54, 1.807) is 6.07 Å². The maximum absolute atomic E-state index is 12.9. The molecule has 2 atom stereocenters. The Kier molecular flexibility index (Phi) is 2.44. The highest BCUT2D eigenvalue weighted by Gasteiger charge is 2.31. The Morgan fingerprint density at radius 3 is 3.00 bits per heavy atom. The Bertz CT molecular complexity index is 406. The quantitative estimate of drug-likeness (QED) is 0.770. The predicted octanol–water partition coefficient (Wildman–Crippen LogP) is 1.27. The van der Waals surface area contributed by atoms with Crippen molar-refractivity contribution in [3.63, 3.8) is 0 Å². The van der Waals surface area contributed by atoms with Gasteiger partial charge in [0.2, 0.25) is 0 Å². The lowest BCUT2D eigenvalue weighted by Gasteiger charge is -2.15. The molecule has 0 amide bonds. The van der Waals surface area contributed by atoms with Gasteiger partial charge in [-0.25, -0.2) is 4.39 Å². The fraction of sp³-hybridized carbons (Fsp3) is 0.364. The van der Waals surface area contributed by atoms with Crippen LogP contribution in [0.5, 0.6) is 0 Å². The summed E-state index contributed by atoms with van der Waals surface area (Å²) in [5, 5.41) is 8.82. The number of benzene rings is 1. The van der Waals surface area contributed by atoms with Gasteiger partial charge in [-0.05, 0) is 36.1 Å². The first-order valence-corrected chi connectivity index (χ1v) is 4.86. The first-order valence-electron chi connectivity index (χ1n) is 4.86. The van der Waals surface area contributed by atoms with Crippen molar-refractivity contribution in [2.45, 2.75) is 24.8 Å². The first kappa shape index (κ1) is 10.1. The minimum atomic E-state index is -1.00. The number of fused-ring (bicyclic) bond motifs is 1. The Labute approximate surface area is 86.7 Å². The second-order valence-electron chi connectivity index (χ2n) is 3.85. The van der Waals surface area contributed by atoms with E-state index in [-0.39, 0.29) is 11.7 Å². The number of aryl methyl sites for hydroxylation is 1. The molecule has 1 aromatic rings. The molecule has 3 N–H and O–H groups in total. The Hall–Kier alpha value is -1.42. The van der Waals surface area contributed by atoms with Gasteiger partial charge in [0.1, 0.15) is 11.9 Å². The third-order valence-corrected chi connectivity index (χ3v) is 2.95. The van der Waals surface area contributed by atoms with Crippen LogP contribution < -0.4 is 5.73 Å². The van der Waals surface area contributed by atoms with Crippen LogP contribution in [-0.2, 0) is 11.2 Å². The average Bonchev–Trinajstić information content (AvgIpc) is 2.59. The summed E-state index contributed by atoms with van der Waals surface area (Å²) in [4.78, 5) is 10.8. The maximum atomic E-state index is 12.9. The Morgan fingerprint density at radius 2 is 2.33 bits per heavy atom. The lowest BCUT2D eigenvalue weighted by Crippen LogP contribution is -2.35. The molecular formula is C11H12FNO2. The number of carboxylic acid groups (broad SMARTS) is 1. The fourth-order valence-electron chi connectivity index (χ4n) is 2.16. The highest BCUT2D eigenvalue weighted by Crippen LogP contribution is 2.35. The van der Waals surface area contributed by atoms with Crippen molar-refractivity contribution in [3.8, 4) is 0 Å². The number of aliphatic carboxylic acids is 1. The van der Waals surface area contributed by atoms with Crippen LogP contribution in [0.1, 0.15) is 23.5 Å². The van der Waals surface area contributed by atoms with Crippen LogP contribution >= 0.6 is 0 Å². The van der Waals surface area contributed by atoms with Crippen molar-refractivity contribution < 1.29 is 14.3 Å². The van der Waals surface area contributed by atoms with Gasteiger partial charge in [-0.1, -0.05) is 6.07 Å². The molecule has 0 heterocycles. The van der Waals surface area contributed by atoms with Gasteiger partial charge in [0.15, 0.2) is 0 Å². The normalized spacial score (nSPS) is 21.1. The number of nitrogens with two attached hydrogens (primary N) is 1. The third kappa shape index (κ3) is 1.72. The minimum Gasteiger partial charge on any atom is -0.480 e. The molecule has 15 heavy (non-hydrogen) atoms. The molecule has 0 fully saturated rings. The monoisotopic (exact) mass is 209 g/mol. The average molecular weight is 209 g/mol. The van der Waals surface area contributed by atoms with E-state index in [0.717, 1.165) is 11.1 Å². The molecule has 0 aromatic heterocycles. The summed E-state index contributed by atoms with van der Waals surface area (Å²) in [6.07, 6.45) is 1.39. The van der Waals surface area contributed by atoms with E-state index >= 15 is 0 Å². The summed E-state index contributed by atoms with van der Waals surface area (Å²) >= 11 is 0. The molecule has 0 saturated heterocycles. The lowest BCUT2D eigenvalue weighted by atomic mass is 9.94. The zero-order chi connectivity index (χ0) is 11.0. The molecule has 0 spiro atoms. The number of carboxylic acids is 1. The van der Waals surface area contributed by atoms with Crippen molar-refractivity contribution in [3.05, 3.63) is 35.1 Å². The molecule has 80 valence electrons. The van der Waals surface area contributed by atoms with Crippen molar-refractivity contribution in [2.24, 2.45) is 5.73 Å². The molecular weight excluding hydrogens is 197 g/mol. The number of carbonyl (C=O) groups is 1. The molecule has 1 aromatic carbocycles. The van der Waals surface area contributed by atoms with Crippen LogP contribution in [0.4, 0.5) is 4.39 Å². The summed E-state index contributed by atoms with van der Waals surface area (Å²) < 4.78 is 12.9. The number of halogens is 1. The maximum Gasteiger partial charge on any atom is 0.321 e. The summed E-state index contributed by atoms with van der Waals surface area (Å²) in [6, 6.07) is 3.57. The van der Waals surface area contributed by atoms with E-state index in [1.165, 1.54) is 12.1 Å². The van der Waals surface area contributed by atoms with E-state index in [1.807, 2.05) is 0 Å². The number of hydrogen-bond donors (Lipinski definition) is 2. The van der Waals surface area contributed by atoms with Crippen LogP contribution in [0.25, 0.3) is 0 Å². The summed E-state index contributed by atoms with van der Waals surface area (Å²) in [5.41, 5.74) is 7.35. The number of rotatable bonds is 2. The topological polar surface area (TPSA) is 63.3 Å². The zero-order valence-corrected chi connectivity index (χ0v) is 8.11. The summed E-state index contributed by atoms with van der Waals surface area (Å²) in [5.74, 6) is -1.46. The van der Waals surface area contributed by atoms with Crippen molar-refractivity contribution in [2.75, 3.05) is 0 Å². The summed E-state index contributed by atoms with van der Waals surface area (Å²) in [7, 11) is 0. The Balaban J connectivity index is 2.32. The Morgan fingerprint density at radius 1 is 1.60 bits per heavy atom. The van der Waals surface area contributed by atoms with Crippen LogP contribution in [0.3, 0.4) is 0 Å².